The summed E-state index contributed by atoms with van der Waals surface area (Å²) >= 11 is 0. The number of nitrogens with one attached hydrogen (secondary N) is 1. The Hall–Kier alpha value is -2.06. The van der Waals surface area contributed by atoms with E-state index in [2.05, 4.69) is 79.9 Å². The zero-order chi connectivity index (χ0) is 62.6. The fraction of sp³-hybridized carbons (Fsp3) is 0.831. The molecule has 3 unspecified atom stereocenters. The van der Waals surface area contributed by atoms with Crippen LogP contribution in [0.3, 0.4) is 0 Å². The molecule has 0 aromatic rings. The van der Waals surface area contributed by atoms with Gasteiger partial charge in [0.05, 0.1) is 39.9 Å². The molecule has 0 bridgehead atoms. The zero-order valence-corrected chi connectivity index (χ0v) is 58.7. The molecule has 0 aromatic heterocycles. The Morgan fingerprint density at radius 2 is 0.674 bits per heavy atom. The number of likely N-dealkylation sites (N-methyl/N-ethyl adjacent to an activating group) is 1. The maximum Gasteiger partial charge on any atom is 0.472 e. The van der Waals surface area contributed by atoms with Crippen LogP contribution in [-0.2, 0) is 18.4 Å². The van der Waals surface area contributed by atoms with Crippen LogP contribution in [0.4, 0.5) is 0 Å². The third-order valence-corrected chi connectivity index (χ3v) is 17.9. The average molecular weight is 1230 g/mol. The first-order chi connectivity index (χ1) is 42.0. The Morgan fingerprint density at radius 3 is 1.01 bits per heavy atom. The van der Waals surface area contributed by atoms with Crippen LogP contribution in [0, 0.1) is 0 Å². The van der Waals surface area contributed by atoms with Crippen molar-refractivity contribution < 1.29 is 32.9 Å². The molecule has 8 nitrogen and oxygen atoms in total. The largest absolute Gasteiger partial charge is 0.472 e. The van der Waals surface area contributed by atoms with Crippen molar-refractivity contribution in [3.63, 3.8) is 0 Å². The highest BCUT2D eigenvalue weighted by Crippen LogP contribution is 2.43. The number of aliphatic hydroxyl groups is 1. The van der Waals surface area contributed by atoms with Gasteiger partial charge in [-0.2, -0.15) is 0 Å². The minimum atomic E-state index is -4.37. The van der Waals surface area contributed by atoms with Gasteiger partial charge in [-0.05, 0) is 83.5 Å². The van der Waals surface area contributed by atoms with E-state index in [0.717, 1.165) is 57.8 Å². The lowest BCUT2D eigenvalue weighted by molar-refractivity contribution is -0.870. The first-order valence-corrected chi connectivity index (χ1v) is 38.8. The second kappa shape index (κ2) is 67.3. The number of phosphoric acid groups is 1. The van der Waals surface area contributed by atoms with Crippen molar-refractivity contribution in [2.24, 2.45) is 0 Å². The van der Waals surface area contributed by atoms with Crippen LogP contribution < -0.4 is 5.32 Å². The van der Waals surface area contributed by atoms with Gasteiger partial charge in [0.25, 0.3) is 0 Å². The zero-order valence-electron chi connectivity index (χ0n) is 57.8. The molecule has 0 rings (SSSR count). The molecule has 1 amide bonds. The number of allylic oxidation sites excluding steroid dienone is 11. The Balaban J connectivity index is 4.07. The Bertz CT molecular complexity index is 1630. The van der Waals surface area contributed by atoms with Crippen LogP contribution >= 0.6 is 7.82 Å². The molecular formula is C77H146N2O6P+. The monoisotopic (exact) mass is 1230 g/mol. The van der Waals surface area contributed by atoms with E-state index in [9.17, 15) is 19.4 Å². The predicted octanol–water partition coefficient (Wildman–Crippen LogP) is 24.1. The molecule has 0 saturated carbocycles. The Labute approximate surface area is 535 Å². The number of carbonyl (C=O) groups is 1. The quantitative estimate of drug-likeness (QED) is 0.0243. The van der Waals surface area contributed by atoms with E-state index in [1.165, 1.54) is 283 Å². The maximum absolute atomic E-state index is 13.1. The van der Waals surface area contributed by atoms with Gasteiger partial charge < -0.3 is 19.8 Å². The summed E-state index contributed by atoms with van der Waals surface area (Å²) < 4.78 is 23.8. The van der Waals surface area contributed by atoms with E-state index in [0.29, 0.717) is 17.4 Å². The molecule has 3 atom stereocenters. The third kappa shape index (κ3) is 69.4. The fourth-order valence-electron chi connectivity index (χ4n) is 11.1. The van der Waals surface area contributed by atoms with E-state index >= 15 is 0 Å². The third-order valence-electron chi connectivity index (χ3n) is 16.9. The number of phosphoric ester groups is 1. The van der Waals surface area contributed by atoms with Gasteiger partial charge in [0, 0.05) is 6.42 Å². The molecule has 9 heteroatoms. The number of aliphatic hydroxyl groups excluding tert-OH is 1. The normalized spacial score (nSPS) is 14.0. The summed E-state index contributed by atoms with van der Waals surface area (Å²) in [6.07, 6.45) is 95.1. The van der Waals surface area contributed by atoms with Crippen molar-refractivity contribution in [2.75, 3.05) is 40.9 Å². The molecule has 0 spiro atoms. The van der Waals surface area contributed by atoms with Gasteiger partial charge in [0.1, 0.15) is 13.2 Å². The molecule has 0 fully saturated rings. The summed E-state index contributed by atoms with van der Waals surface area (Å²) in [5.41, 5.74) is 0. The molecule has 0 aromatic carbocycles. The van der Waals surface area contributed by atoms with Crippen LogP contribution in [0.25, 0.3) is 0 Å². The topological polar surface area (TPSA) is 105 Å². The molecule has 0 saturated heterocycles. The average Bonchev–Trinajstić information content (AvgIpc) is 3.70. The lowest BCUT2D eigenvalue weighted by atomic mass is 10.0. The first kappa shape index (κ1) is 83.9. The molecule has 0 aliphatic heterocycles. The molecule has 0 aliphatic rings. The number of hydrogen-bond donors (Lipinski definition) is 3. The summed E-state index contributed by atoms with van der Waals surface area (Å²) in [6.45, 7) is 4.82. The molecule has 86 heavy (non-hydrogen) atoms. The van der Waals surface area contributed by atoms with Gasteiger partial charge in [-0.3, -0.25) is 13.8 Å². The van der Waals surface area contributed by atoms with Gasteiger partial charge in [-0.1, -0.05) is 344 Å². The van der Waals surface area contributed by atoms with Crippen LogP contribution in [-0.4, -0.2) is 73.4 Å². The molecule has 0 radical (unpaired) electrons. The van der Waals surface area contributed by atoms with Crippen LogP contribution in [0.2, 0.25) is 0 Å². The minimum absolute atomic E-state index is 0.0530. The van der Waals surface area contributed by atoms with Crippen molar-refractivity contribution in [2.45, 2.75) is 373 Å². The van der Waals surface area contributed by atoms with E-state index in [4.69, 9.17) is 9.05 Å². The number of amides is 1. The molecular weight excluding hydrogens is 1080 g/mol. The number of carbonyl (C=O) groups excluding carboxylic acids is 1. The predicted molar refractivity (Wildman–Crippen MR) is 378 cm³/mol. The molecule has 3 N–H and O–H groups in total. The van der Waals surface area contributed by atoms with Crippen molar-refractivity contribution in [3.05, 3.63) is 72.9 Å². The lowest BCUT2D eigenvalue weighted by Gasteiger charge is -2.25. The minimum Gasteiger partial charge on any atom is -0.387 e. The van der Waals surface area contributed by atoms with Gasteiger partial charge in [0.15, 0.2) is 0 Å². The Morgan fingerprint density at radius 1 is 0.395 bits per heavy atom. The van der Waals surface area contributed by atoms with Crippen molar-refractivity contribution in [1.82, 2.24) is 5.32 Å². The number of rotatable bonds is 69. The molecule has 504 valence electrons. The highest BCUT2D eigenvalue weighted by atomic mass is 31.2. The Kier molecular flexibility index (Phi) is 65.7. The smallest absolute Gasteiger partial charge is 0.387 e. The van der Waals surface area contributed by atoms with E-state index in [-0.39, 0.29) is 19.1 Å². The van der Waals surface area contributed by atoms with Gasteiger partial charge in [0.2, 0.25) is 5.91 Å². The van der Waals surface area contributed by atoms with Crippen molar-refractivity contribution >= 4 is 13.7 Å². The maximum atomic E-state index is 13.1. The summed E-state index contributed by atoms with van der Waals surface area (Å²) in [6, 6.07) is -0.874. The highest BCUT2D eigenvalue weighted by molar-refractivity contribution is 7.47. The first-order valence-electron chi connectivity index (χ1n) is 37.3. The standard InChI is InChI=1S/C77H145N2O6P/c1-6-8-10-12-14-16-18-20-22-24-26-28-30-32-34-36-37-38-39-40-41-43-45-47-49-51-53-55-57-59-61-63-65-67-69-71-77(81)78-75(74-85-86(82,83)84-73-72-79(3,4)5)76(80)70-68-66-64-62-60-58-56-54-52-50-48-46-44-42-35-33-31-29-27-25-23-21-19-17-15-13-11-9-7-2/h18,20,24,26,30,32,52,54,60,62,68,70,75-76,80H,6-17,19,21-23,25,27-29,31,33-51,53,55-59,61,63-67,69,71-74H2,1-5H3,(H-,78,81,82,83)/p+1/b20-18-,26-24-,32-30-,54-52+,62-60+,70-68+. The van der Waals surface area contributed by atoms with E-state index in [1.807, 2.05) is 27.2 Å². The van der Waals surface area contributed by atoms with Crippen LogP contribution in [0.5, 0.6) is 0 Å². The summed E-state index contributed by atoms with van der Waals surface area (Å²) in [7, 11) is 1.56. The fourth-order valence-corrected chi connectivity index (χ4v) is 11.8. The van der Waals surface area contributed by atoms with Crippen LogP contribution in [0.15, 0.2) is 72.9 Å². The van der Waals surface area contributed by atoms with Gasteiger partial charge in [-0.15, -0.1) is 0 Å². The van der Waals surface area contributed by atoms with Crippen molar-refractivity contribution in [3.8, 4) is 0 Å². The summed E-state index contributed by atoms with van der Waals surface area (Å²) in [5, 5.41) is 14.0. The SMILES string of the molecule is CCCCCCC/C=C\C/C=C\C/C=C\CCCCCCCCCCCCCCCCCCCCCCC(=O)NC(COP(=O)(O)OCC[N+](C)(C)C)C(O)/C=C/CC/C=C/CC/C=C/CCCCCCCCCCCCCCCCCCCCC. The van der Waals surface area contributed by atoms with Crippen molar-refractivity contribution in [1.29, 1.82) is 0 Å². The summed E-state index contributed by atoms with van der Waals surface area (Å²) in [4.78, 5) is 23.4. The highest BCUT2D eigenvalue weighted by Gasteiger charge is 2.28. The second-order valence-corrected chi connectivity index (χ2v) is 28.1. The second-order valence-electron chi connectivity index (χ2n) is 26.7. The van der Waals surface area contributed by atoms with Gasteiger partial charge >= 0.3 is 7.82 Å². The van der Waals surface area contributed by atoms with Crippen LogP contribution in [0.1, 0.15) is 361 Å². The lowest BCUT2D eigenvalue weighted by Crippen LogP contribution is -2.45. The van der Waals surface area contributed by atoms with E-state index < -0.39 is 20.0 Å². The molecule has 0 heterocycles. The number of hydrogen-bond acceptors (Lipinski definition) is 5. The number of quaternary nitrogens is 1. The number of unbranched alkanes of at least 4 members (excludes halogenated alkanes) is 46. The summed E-state index contributed by atoms with van der Waals surface area (Å²) in [5.74, 6) is -0.186. The van der Waals surface area contributed by atoms with E-state index in [1.54, 1.807) is 6.08 Å². The molecule has 0 aliphatic carbocycles. The van der Waals surface area contributed by atoms with Gasteiger partial charge in [-0.25, -0.2) is 4.57 Å². The number of nitrogens with zero attached hydrogens (tertiary/aromatic N) is 1.